The zero-order valence-electron chi connectivity index (χ0n) is 20.2. The third kappa shape index (κ3) is 5.69. The molecule has 0 aromatic heterocycles. The van der Waals surface area contributed by atoms with Crippen LogP contribution in [0.3, 0.4) is 0 Å². The summed E-state index contributed by atoms with van der Waals surface area (Å²) < 4.78 is 5.58. The quantitative estimate of drug-likeness (QED) is 0.278. The average molecular weight is 534 g/mol. The zero-order chi connectivity index (χ0) is 26.2. The van der Waals surface area contributed by atoms with E-state index < -0.39 is 24.1 Å². The van der Waals surface area contributed by atoms with Crippen LogP contribution in [0.1, 0.15) is 5.56 Å². The van der Waals surface area contributed by atoms with Crippen LogP contribution in [0, 0.1) is 0 Å². The van der Waals surface area contributed by atoms with Crippen molar-refractivity contribution in [3.63, 3.8) is 0 Å². The fourth-order valence-corrected chi connectivity index (χ4v) is 10.3. The monoisotopic (exact) mass is 533 g/mol. The first-order valence-corrected chi connectivity index (χ1v) is 15.3. The Hall–Kier alpha value is -3.66. The first-order chi connectivity index (χ1) is 17.9. The van der Waals surface area contributed by atoms with Crippen molar-refractivity contribution in [2.75, 3.05) is 12.8 Å². The van der Waals surface area contributed by atoms with Crippen LogP contribution < -0.4 is 21.2 Å². The van der Waals surface area contributed by atoms with Gasteiger partial charge in [-0.3, -0.25) is 0 Å². The van der Waals surface area contributed by atoms with E-state index in [1.165, 1.54) is 0 Å². The van der Waals surface area contributed by atoms with Gasteiger partial charge in [0.15, 0.2) is 0 Å². The summed E-state index contributed by atoms with van der Waals surface area (Å²) in [7, 11) is 0. The summed E-state index contributed by atoms with van der Waals surface area (Å²) in [4.78, 5) is 24.5. The molecule has 5 nitrogen and oxygen atoms in total. The SMILES string of the molecule is O=C(NC(Cc1ccccc1)C(=O)O)OCCP(Cl)(c1ccccc1)(c1ccccc1)c1ccccc1. The van der Waals surface area contributed by atoms with Gasteiger partial charge >= 0.3 is 222 Å². The van der Waals surface area contributed by atoms with Gasteiger partial charge in [-0.25, -0.2) is 0 Å². The summed E-state index contributed by atoms with van der Waals surface area (Å²) in [5.74, 6) is -4.71. The van der Waals surface area contributed by atoms with E-state index in [1.54, 1.807) is 0 Å². The number of nitrogens with one attached hydrogen (secondary N) is 1. The van der Waals surface area contributed by atoms with Crippen LogP contribution in [0.2, 0.25) is 0 Å². The second-order valence-electron chi connectivity index (χ2n) is 8.77. The summed E-state index contributed by atoms with van der Waals surface area (Å²) in [6, 6.07) is 37.7. The van der Waals surface area contributed by atoms with Gasteiger partial charge in [-0.05, 0) is 0 Å². The first-order valence-electron chi connectivity index (χ1n) is 12.0. The molecular formula is C30H29ClNO4P. The predicted octanol–water partition coefficient (Wildman–Crippen LogP) is 5.09. The van der Waals surface area contributed by atoms with Crippen molar-refractivity contribution in [1.82, 2.24) is 5.32 Å². The van der Waals surface area contributed by atoms with Crippen molar-refractivity contribution in [3.8, 4) is 0 Å². The number of halogens is 1. The van der Waals surface area contributed by atoms with Crippen molar-refractivity contribution in [2.24, 2.45) is 0 Å². The van der Waals surface area contributed by atoms with E-state index in [-0.39, 0.29) is 13.0 Å². The minimum atomic E-state index is -3.58. The van der Waals surface area contributed by atoms with E-state index in [4.69, 9.17) is 16.0 Å². The van der Waals surface area contributed by atoms with Crippen LogP contribution in [0.4, 0.5) is 4.79 Å². The number of carbonyl (C=O) groups excluding carboxylic acids is 1. The molecule has 190 valence electrons. The van der Waals surface area contributed by atoms with Crippen molar-refractivity contribution in [3.05, 3.63) is 127 Å². The molecule has 4 aromatic rings. The van der Waals surface area contributed by atoms with Gasteiger partial charge < -0.3 is 0 Å². The van der Waals surface area contributed by atoms with Crippen molar-refractivity contribution < 1.29 is 19.4 Å². The third-order valence-corrected chi connectivity index (χ3v) is 13.9. The Morgan fingerprint density at radius 3 is 1.54 bits per heavy atom. The molecular weight excluding hydrogens is 505 g/mol. The number of alkyl carbamates (subject to hydrolysis) is 1. The second-order valence-corrected chi connectivity index (χ2v) is 15.4. The summed E-state index contributed by atoms with van der Waals surface area (Å²) in [6.45, 7) is 0.00349. The molecule has 37 heavy (non-hydrogen) atoms. The molecule has 0 saturated carbocycles. The molecule has 1 atom stereocenters. The van der Waals surface area contributed by atoms with Gasteiger partial charge in [0.25, 0.3) is 0 Å². The van der Waals surface area contributed by atoms with E-state index in [0.29, 0.717) is 6.16 Å². The number of ether oxygens (including phenoxy) is 1. The van der Waals surface area contributed by atoms with Gasteiger partial charge in [0.05, 0.1) is 0 Å². The van der Waals surface area contributed by atoms with Crippen molar-refractivity contribution >= 4 is 45.2 Å². The Bertz CT molecular complexity index is 1220. The van der Waals surface area contributed by atoms with E-state index in [2.05, 4.69) is 5.32 Å². The molecule has 0 spiro atoms. The number of carboxylic acid groups (broad SMARTS) is 1. The number of benzene rings is 4. The fraction of sp³-hybridized carbons (Fsp3) is 0.133. The van der Waals surface area contributed by atoms with Gasteiger partial charge in [-0.15, -0.1) is 0 Å². The zero-order valence-corrected chi connectivity index (χ0v) is 21.9. The summed E-state index contributed by atoms with van der Waals surface area (Å²) >= 11 is 7.95. The summed E-state index contributed by atoms with van der Waals surface area (Å²) in [6.07, 6.45) is -0.299. The van der Waals surface area contributed by atoms with Crippen LogP contribution in [0.25, 0.3) is 0 Å². The van der Waals surface area contributed by atoms with Gasteiger partial charge in [0, 0.05) is 0 Å². The Balaban J connectivity index is 1.61. The predicted molar refractivity (Wildman–Crippen MR) is 152 cm³/mol. The molecule has 0 saturated heterocycles. The van der Waals surface area contributed by atoms with Gasteiger partial charge in [-0.2, -0.15) is 0 Å². The van der Waals surface area contributed by atoms with Crippen molar-refractivity contribution in [2.45, 2.75) is 12.5 Å². The molecule has 1 amide bonds. The van der Waals surface area contributed by atoms with E-state index in [0.717, 1.165) is 21.5 Å². The third-order valence-electron chi connectivity index (χ3n) is 6.50. The number of rotatable bonds is 10. The van der Waals surface area contributed by atoms with Gasteiger partial charge in [0.1, 0.15) is 0 Å². The summed E-state index contributed by atoms with van der Waals surface area (Å²) in [5.41, 5.74) is 0.804. The van der Waals surface area contributed by atoms with Crippen molar-refractivity contribution in [1.29, 1.82) is 0 Å². The van der Waals surface area contributed by atoms with E-state index in [9.17, 15) is 14.7 Å². The molecule has 0 radical (unpaired) electrons. The summed E-state index contributed by atoms with van der Waals surface area (Å²) in [5, 5.41) is 15.0. The molecule has 2 N–H and O–H groups in total. The number of amides is 1. The maximum atomic E-state index is 12.7. The number of carbonyl (C=O) groups is 2. The number of aliphatic carboxylic acids is 1. The topological polar surface area (TPSA) is 75.6 Å². The molecule has 0 aliphatic rings. The fourth-order valence-electron chi connectivity index (χ4n) is 4.59. The van der Waals surface area contributed by atoms with Gasteiger partial charge in [0.2, 0.25) is 0 Å². The molecule has 0 bridgehead atoms. The minimum absolute atomic E-state index is 0.00349. The Morgan fingerprint density at radius 2 is 1.14 bits per heavy atom. The molecule has 0 aliphatic carbocycles. The average Bonchev–Trinajstić information content (AvgIpc) is 2.94. The van der Waals surface area contributed by atoms with Gasteiger partial charge in [-0.1, -0.05) is 0 Å². The Kier molecular flexibility index (Phi) is 8.27. The first kappa shape index (κ1) is 26.4. The second kappa shape index (κ2) is 11.6. The molecule has 4 aromatic carbocycles. The Labute approximate surface area is 221 Å². The molecule has 7 heteroatoms. The normalized spacial score (nSPS) is 13.1. The van der Waals surface area contributed by atoms with Crippen LogP contribution in [0.15, 0.2) is 121 Å². The molecule has 0 aliphatic heterocycles. The molecule has 4 rings (SSSR count). The molecule has 0 heterocycles. The molecule has 1 unspecified atom stereocenters. The maximum absolute atomic E-state index is 12.7. The van der Waals surface area contributed by atoms with E-state index >= 15 is 0 Å². The number of carboxylic acids is 1. The number of hydrogen-bond donors (Lipinski definition) is 2. The Morgan fingerprint density at radius 1 is 0.730 bits per heavy atom. The van der Waals surface area contributed by atoms with Crippen LogP contribution in [0.5, 0.6) is 0 Å². The number of hydrogen-bond acceptors (Lipinski definition) is 3. The van der Waals surface area contributed by atoms with Crippen LogP contribution >= 0.6 is 17.2 Å². The van der Waals surface area contributed by atoms with E-state index in [1.807, 2.05) is 121 Å². The molecule has 0 fully saturated rings. The van der Waals surface area contributed by atoms with Crippen LogP contribution in [-0.4, -0.2) is 36.0 Å². The standard InChI is InChI=1S/C30H29ClNO4P/c31-37(25-15-7-2-8-16-25,26-17-9-3-10-18-26,27-19-11-4-12-20-27)22-21-36-30(35)32-28(29(33)34)23-24-13-5-1-6-14-24/h1-20,28H,21-23H2,(H,32,35)(H,33,34). The van der Waals surface area contributed by atoms with Crippen LogP contribution in [-0.2, 0) is 16.0 Å².